The average Bonchev–Trinajstić information content (AvgIpc) is 1.88. The summed E-state index contributed by atoms with van der Waals surface area (Å²) in [5.41, 5.74) is 0.943. The highest BCUT2D eigenvalue weighted by Gasteiger charge is 1.82. The second-order valence-electron chi connectivity index (χ2n) is 1.97. The van der Waals surface area contributed by atoms with E-state index in [1.54, 1.807) is 24.6 Å². The van der Waals surface area contributed by atoms with Gasteiger partial charge in [0.1, 0.15) is 0 Å². The topological polar surface area (TPSA) is 17.1 Å². The van der Waals surface area contributed by atoms with E-state index in [-0.39, 0.29) is 5.43 Å². The lowest BCUT2D eigenvalue weighted by molar-refractivity contribution is 1.47. The van der Waals surface area contributed by atoms with E-state index in [2.05, 4.69) is 6.58 Å². The van der Waals surface area contributed by atoms with Crippen LogP contribution in [0.15, 0.2) is 41.7 Å². The van der Waals surface area contributed by atoms with Crippen LogP contribution in [-0.2, 0) is 0 Å². The highest BCUT2D eigenvalue weighted by molar-refractivity contribution is 5.26. The summed E-state index contributed by atoms with van der Waals surface area (Å²) in [6, 6.07) is 6.70. The third-order valence-electron chi connectivity index (χ3n) is 1.17. The van der Waals surface area contributed by atoms with Crippen molar-refractivity contribution in [2.45, 2.75) is 0 Å². The van der Waals surface area contributed by atoms with Crippen LogP contribution in [0.2, 0.25) is 0 Å². The van der Waals surface area contributed by atoms with Crippen LogP contribution < -0.4 is 5.43 Å². The molecule has 50 valence electrons. The molecular formula is C9H8O. The van der Waals surface area contributed by atoms with Crippen LogP contribution in [0.25, 0.3) is 0 Å². The zero-order valence-electron chi connectivity index (χ0n) is 5.58. The maximum Gasteiger partial charge on any atom is 0.0730 e. The molecular weight excluding hydrogens is 124 g/mol. The molecule has 0 unspecified atom stereocenters. The summed E-state index contributed by atoms with van der Waals surface area (Å²) < 4.78 is 0. The van der Waals surface area contributed by atoms with Crippen LogP contribution in [0.4, 0.5) is 0 Å². The fourth-order valence-corrected chi connectivity index (χ4v) is 0.754. The van der Waals surface area contributed by atoms with E-state index in [1.807, 2.05) is 6.07 Å². The van der Waals surface area contributed by atoms with Crippen molar-refractivity contribution in [2.75, 3.05) is 0 Å². The summed E-state index contributed by atoms with van der Waals surface area (Å²) in [7, 11) is 0. The van der Waals surface area contributed by atoms with Crippen LogP contribution in [0, 0.1) is 6.42 Å². The molecule has 1 aromatic rings. The maximum absolute atomic E-state index is 10.7. The van der Waals surface area contributed by atoms with Crippen LogP contribution in [0.5, 0.6) is 0 Å². The van der Waals surface area contributed by atoms with Crippen molar-refractivity contribution in [2.24, 2.45) is 0 Å². The first-order valence-electron chi connectivity index (χ1n) is 3.06. The van der Waals surface area contributed by atoms with Crippen LogP contribution in [-0.4, -0.2) is 0 Å². The highest BCUT2D eigenvalue weighted by Crippen LogP contribution is 1.97. The van der Waals surface area contributed by atoms with Gasteiger partial charge in [-0.3, -0.25) is 0 Å². The van der Waals surface area contributed by atoms with Gasteiger partial charge in [0.25, 0.3) is 0 Å². The highest BCUT2D eigenvalue weighted by atomic mass is 16.1. The van der Waals surface area contributed by atoms with Gasteiger partial charge >= 0.3 is 0 Å². The quantitative estimate of drug-likeness (QED) is 0.557. The molecule has 0 radical (unpaired) electrons. The first-order valence-corrected chi connectivity index (χ1v) is 3.06. The van der Waals surface area contributed by atoms with Crippen molar-refractivity contribution in [3.8, 4) is 0 Å². The van der Waals surface area contributed by atoms with Gasteiger partial charge in [0.05, 0.1) is 5.43 Å². The van der Waals surface area contributed by atoms with E-state index in [0.29, 0.717) is 0 Å². The van der Waals surface area contributed by atoms with E-state index < -0.39 is 0 Å². The molecule has 0 fully saturated rings. The fraction of sp³-hybridized carbons (Fsp3) is 0. The van der Waals surface area contributed by atoms with Crippen molar-refractivity contribution >= 4 is 0 Å². The van der Waals surface area contributed by atoms with Gasteiger partial charge in [-0.2, -0.15) is 12.1 Å². The van der Waals surface area contributed by atoms with E-state index in [1.165, 1.54) is 6.07 Å². The monoisotopic (exact) mass is 132 g/mol. The second-order valence-corrected chi connectivity index (χ2v) is 1.97. The molecule has 0 bridgehead atoms. The number of hydrogen-bond donors (Lipinski definition) is 0. The summed E-state index contributed by atoms with van der Waals surface area (Å²) in [6.45, 7) is 3.53. The molecule has 0 aliphatic carbocycles. The Labute approximate surface area is 60.0 Å². The van der Waals surface area contributed by atoms with E-state index >= 15 is 0 Å². The molecule has 1 rings (SSSR count). The molecule has 10 heavy (non-hydrogen) atoms. The zero-order chi connectivity index (χ0) is 7.40. The third kappa shape index (κ3) is 1.55. The Balaban J connectivity index is 2.95. The lowest BCUT2D eigenvalue weighted by Crippen LogP contribution is -1.95. The molecule has 0 N–H and O–H groups in total. The summed E-state index contributed by atoms with van der Waals surface area (Å²) in [4.78, 5) is 10.7. The molecule has 0 amide bonds. The van der Waals surface area contributed by atoms with Gasteiger partial charge in [-0.05, 0) is 13.0 Å². The Hall–Kier alpha value is -1.37. The van der Waals surface area contributed by atoms with Gasteiger partial charge in [0.2, 0.25) is 0 Å². The normalized spacial score (nSPS) is 8.80. The molecule has 0 aliphatic rings. The Bertz CT molecular complexity index is 270. The number of rotatable bonds is 2. The second kappa shape index (κ2) is 2.97. The number of hydrogen-bond acceptors (Lipinski definition) is 1. The van der Waals surface area contributed by atoms with Crippen LogP contribution in [0.1, 0.15) is 5.56 Å². The first kappa shape index (κ1) is 6.75. The minimum atomic E-state index is 0.0376. The molecule has 0 spiro atoms. The van der Waals surface area contributed by atoms with Gasteiger partial charge in [-0.15, -0.1) is 12.1 Å². The van der Waals surface area contributed by atoms with Crippen LogP contribution in [0.3, 0.4) is 0 Å². The molecule has 0 aliphatic heterocycles. The molecule has 1 aromatic carbocycles. The van der Waals surface area contributed by atoms with E-state index in [0.717, 1.165) is 5.56 Å². The lowest BCUT2D eigenvalue weighted by atomic mass is 10.1. The standard InChI is InChI=1S/C9H8O/c1-2-4-8-5-3-6-9(10)7-8/h2-7H,1H2. The first-order chi connectivity index (χ1) is 4.83. The molecule has 0 saturated carbocycles. The molecule has 0 aromatic heterocycles. The minimum absolute atomic E-state index is 0.0376. The van der Waals surface area contributed by atoms with Crippen molar-refractivity contribution in [1.82, 2.24) is 0 Å². The molecule has 1 nitrogen and oxygen atoms in total. The predicted octanol–water partition coefficient (Wildman–Crippen LogP) is 1.50. The van der Waals surface area contributed by atoms with Crippen LogP contribution >= 0.6 is 0 Å². The predicted molar refractivity (Wildman–Crippen MR) is 41.9 cm³/mol. The summed E-state index contributed by atoms with van der Waals surface area (Å²) >= 11 is 0. The van der Waals surface area contributed by atoms with Crippen molar-refractivity contribution in [3.63, 3.8) is 0 Å². The SMILES string of the molecule is C=C[CH+]c1cc[cH-]c(=O)c1. The van der Waals surface area contributed by atoms with Gasteiger partial charge in [0.15, 0.2) is 0 Å². The van der Waals surface area contributed by atoms with E-state index in [9.17, 15) is 4.79 Å². The fourth-order valence-electron chi connectivity index (χ4n) is 0.754. The Kier molecular flexibility index (Phi) is 2.00. The smallest absolute Gasteiger partial charge is 0.0730 e. The summed E-state index contributed by atoms with van der Waals surface area (Å²) in [5.74, 6) is 0. The van der Waals surface area contributed by atoms with Crippen molar-refractivity contribution < 1.29 is 0 Å². The number of benzene rings is 1. The minimum Gasteiger partial charge on any atom is -0.319 e. The Morgan fingerprint density at radius 1 is 1.70 bits per heavy atom. The molecule has 0 saturated heterocycles. The Morgan fingerprint density at radius 2 is 2.50 bits per heavy atom. The largest absolute Gasteiger partial charge is 0.319 e. The number of allylic oxidation sites excluding steroid dienone is 1. The van der Waals surface area contributed by atoms with Gasteiger partial charge < -0.3 is 4.79 Å². The summed E-state index contributed by atoms with van der Waals surface area (Å²) in [6.07, 6.45) is 3.45. The van der Waals surface area contributed by atoms with Gasteiger partial charge in [-0.1, -0.05) is 5.56 Å². The summed E-state index contributed by atoms with van der Waals surface area (Å²) in [5, 5.41) is 0. The molecule has 0 atom stereocenters. The van der Waals surface area contributed by atoms with Gasteiger partial charge in [-0.25, -0.2) is 0 Å². The maximum atomic E-state index is 10.7. The van der Waals surface area contributed by atoms with E-state index in [4.69, 9.17) is 0 Å². The van der Waals surface area contributed by atoms with Crippen molar-refractivity contribution in [3.05, 3.63) is 59.1 Å². The Morgan fingerprint density at radius 3 is 3.10 bits per heavy atom. The van der Waals surface area contributed by atoms with Crippen molar-refractivity contribution in [1.29, 1.82) is 0 Å². The van der Waals surface area contributed by atoms with Gasteiger partial charge in [0, 0.05) is 6.08 Å². The molecule has 0 heterocycles. The molecule has 1 heteroatoms. The lowest BCUT2D eigenvalue weighted by Gasteiger charge is -1.96. The third-order valence-corrected chi connectivity index (χ3v) is 1.17. The average molecular weight is 132 g/mol. The zero-order valence-corrected chi connectivity index (χ0v) is 5.58.